The minimum atomic E-state index is -0.268. The van der Waals surface area contributed by atoms with E-state index in [2.05, 4.69) is 66.8 Å². The van der Waals surface area contributed by atoms with Gasteiger partial charge in [-0.05, 0) is 55.9 Å². The van der Waals surface area contributed by atoms with Crippen molar-refractivity contribution in [3.8, 4) is 0 Å². The largest absolute Gasteiger partial charge is 0.495 e. The molecular formula is C16H27BO2S. The molecule has 0 bridgehead atoms. The summed E-state index contributed by atoms with van der Waals surface area (Å²) in [6.45, 7) is 17.5. The summed E-state index contributed by atoms with van der Waals surface area (Å²) in [6, 6.07) is 2.25. The Hall–Kier alpha value is -0.315. The van der Waals surface area contributed by atoms with Crippen LogP contribution >= 0.6 is 11.3 Å². The number of hydrogen-bond acceptors (Lipinski definition) is 3. The van der Waals surface area contributed by atoms with Crippen molar-refractivity contribution in [1.29, 1.82) is 0 Å². The first kappa shape index (κ1) is 16.1. The standard InChI is InChI=1S/C16H27BO2S/c1-11(14(2,3)4)13-9-12(10-20-13)17-18-15(5,6)16(7,8)19-17/h9-11H,1-8H3. The van der Waals surface area contributed by atoms with Crippen molar-refractivity contribution in [1.82, 2.24) is 0 Å². The normalized spacial score (nSPS) is 23.1. The van der Waals surface area contributed by atoms with Crippen molar-refractivity contribution in [2.75, 3.05) is 0 Å². The first-order valence-corrected chi connectivity index (χ1v) is 8.26. The highest BCUT2D eigenvalue weighted by Gasteiger charge is 2.52. The van der Waals surface area contributed by atoms with Crippen LogP contribution in [0.4, 0.5) is 0 Å². The molecule has 0 amide bonds. The second-order valence-corrected chi connectivity index (χ2v) is 8.90. The van der Waals surface area contributed by atoms with Crippen LogP contribution in [-0.2, 0) is 9.31 Å². The molecule has 2 heterocycles. The van der Waals surface area contributed by atoms with Crippen molar-refractivity contribution in [2.24, 2.45) is 5.41 Å². The lowest BCUT2D eigenvalue weighted by Crippen LogP contribution is -2.41. The van der Waals surface area contributed by atoms with Gasteiger partial charge >= 0.3 is 7.12 Å². The quantitative estimate of drug-likeness (QED) is 0.761. The van der Waals surface area contributed by atoms with E-state index < -0.39 is 0 Å². The molecule has 1 unspecified atom stereocenters. The zero-order chi connectivity index (χ0) is 15.3. The van der Waals surface area contributed by atoms with Gasteiger partial charge in [0.1, 0.15) is 0 Å². The minimum Gasteiger partial charge on any atom is -0.399 e. The number of thiophene rings is 1. The van der Waals surface area contributed by atoms with E-state index in [0.717, 1.165) is 5.46 Å². The molecule has 2 nitrogen and oxygen atoms in total. The van der Waals surface area contributed by atoms with Crippen LogP contribution in [0.2, 0.25) is 0 Å². The monoisotopic (exact) mass is 294 g/mol. The maximum absolute atomic E-state index is 6.11. The molecule has 1 saturated heterocycles. The molecule has 1 fully saturated rings. The maximum Gasteiger partial charge on any atom is 0.495 e. The fraction of sp³-hybridized carbons (Fsp3) is 0.750. The molecule has 0 radical (unpaired) electrons. The highest BCUT2D eigenvalue weighted by atomic mass is 32.1. The molecule has 112 valence electrons. The van der Waals surface area contributed by atoms with Gasteiger partial charge in [0.05, 0.1) is 11.2 Å². The molecular weight excluding hydrogens is 267 g/mol. The topological polar surface area (TPSA) is 18.5 Å². The summed E-state index contributed by atoms with van der Waals surface area (Å²) in [5.41, 5.74) is 0.892. The minimum absolute atomic E-state index is 0.239. The first-order chi connectivity index (χ1) is 8.94. The van der Waals surface area contributed by atoms with Crippen LogP contribution in [0.15, 0.2) is 11.4 Å². The molecule has 1 aliphatic rings. The molecule has 1 aromatic heterocycles. The SMILES string of the molecule is CC(c1cc(B2OC(C)(C)C(C)(C)O2)cs1)C(C)(C)C. The molecule has 0 aromatic carbocycles. The van der Waals surface area contributed by atoms with Crippen LogP contribution < -0.4 is 5.46 Å². The van der Waals surface area contributed by atoms with E-state index in [1.54, 1.807) is 0 Å². The van der Waals surface area contributed by atoms with E-state index in [4.69, 9.17) is 9.31 Å². The van der Waals surface area contributed by atoms with E-state index in [1.165, 1.54) is 4.88 Å². The van der Waals surface area contributed by atoms with E-state index >= 15 is 0 Å². The van der Waals surface area contributed by atoms with Gasteiger partial charge in [-0.2, -0.15) is 0 Å². The summed E-state index contributed by atoms with van der Waals surface area (Å²) in [5, 5.41) is 2.18. The first-order valence-electron chi connectivity index (χ1n) is 7.38. The highest BCUT2D eigenvalue weighted by Crippen LogP contribution is 2.39. The van der Waals surface area contributed by atoms with Crippen LogP contribution in [0.5, 0.6) is 0 Å². The van der Waals surface area contributed by atoms with Crippen molar-refractivity contribution in [3.63, 3.8) is 0 Å². The molecule has 1 aromatic rings. The van der Waals surface area contributed by atoms with Gasteiger partial charge in [0.2, 0.25) is 0 Å². The Balaban J connectivity index is 2.19. The fourth-order valence-electron chi connectivity index (χ4n) is 2.12. The lowest BCUT2D eigenvalue weighted by Gasteiger charge is -2.32. The van der Waals surface area contributed by atoms with Gasteiger partial charge in [-0.25, -0.2) is 0 Å². The predicted molar refractivity (Wildman–Crippen MR) is 87.9 cm³/mol. The highest BCUT2D eigenvalue weighted by molar-refractivity contribution is 7.11. The van der Waals surface area contributed by atoms with E-state index in [0.29, 0.717) is 5.92 Å². The van der Waals surface area contributed by atoms with Gasteiger partial charge in [-0.15, -0.1) is 11.3 Å². The fourth-order valence-corrected chi connectivity index (χ4v) is 3.34. The predicted octanol–water partition coefficient (Wildman–Crippen LogP) is 4.20. The summed E-state index contributed by atoms with van der Waals surface area (Å²) in [4.78, 5) is 1.40. The van der Waals surface area contributed by atoms with Crippen LogP contribution in [0.3, 0.4) is 0 Å². The van der Waals surface area contributed by atoms with Gasteiger partial charge in [0.25, 0.3) is 0 Å². The number of rotatable bonds is 2. The summed E-state index contributed by atoms with van der Waals surface area (Å²) in [5.74, 6) is 0.531. The number of hydrogen-bond donors (Lipinski definition) is 0. The lowest BCUT2D eigenvalue weighted by molar-refractivity contribution is 0.00578. The van der Waals surface area contributed by atoms with Crippen molar-refractivity contribution < 1.29 is 9.31 Å². The third-order valence-electron chi connectivity index (χ3n) is 4.89. The van der Waals surface area contributed by atoms with E-state index in [-0.39, 0.29) is 23.7 Å². The Kier molecular flexibility index (Phi) is 3.90. The molecule has 1 atom stereocenters. The Bertz CT molecular complexity index is 469. The van der Waals surface area contributed by atoms with Crippen LogP contribution in [0.25, 0.3) is 0 Å². The van der Waals surface area contributed by atoms with Gasteiger partial charge in [-0.3, -0.25) is 0 Å². The zero-order valence-corrected chi connectivity index (χ0v) is 14.9. The van der Waals surface area contributed by atoms with E-state index in [1.807, 2.05) is 11.3 Å². The Morgan fingerprint density at radius 2 is 1.60 bits per heavy atom. The van der Waals surface area contributed by atoms with Crippen molar-refractivity contribution in [3.05, 3.63) is 16.3 Å². The molecule has 0 spiro atoms. The average molecular weight is 294 g/mol. The smallest absolute Gasteiger partial charge is 0.399 e. The Morgan fingerprint density at radius 1 is 1.10 bits per heavy atom. The second-order valence-electron chi connectivity index (χ2n) is 7.96. The lowest BCUT2D eigenvalue weighted by atomic mass is 9.78. The maximum atomic E-state index is 6.11. The Morgan fingerprint density at radius 3 is 2.05 bits per heavy atom. The zero-order valence-electron chi connectivity index (χ0n) is 14.0. The van der Waals surface area contributed by atoms with Crippen molar-refractivity contribution in [2.45, 2.75) is 72.5 Å². The molecule has 0 aliphatic carbocycles. The van der Waals surface area contributed by atoms with Gasteiger partial charge in [-0.1, -0.05) is 27.7 Å². The van der Waals surface area contributed by atoms with Crippen LogP contribution in [-0.4, -0.2) is 18.3 Å². The molecule has 0 N–H and O–H groups in total. The summed E-state index contributed by atoms with van der Waals surface area (Å²) >= 11 is 1.81. The van der Waals surface area contributed by atoms with Gasteiger partial charge in [0, 0.05) is 4.88 Å². The molecule has 20 heavy (non-hydrogen) atoms. The van der Waals surface area contributed by atoms with Crippen LogP contribution in [0, 0.1) is 5.41 Å². The molecule has 1 aliphatic heterocycles. The van der Waals surface area contributed by atoms with Gasteiger partial charge < -0.3 is 9.31 Å². The molecule has 0 saturated carbocycles. The molecule has 4 heteroatoms. The van der Waals surface area contributed by atoms with Crippen molar-refractivity contribution >= 4 is 23.9 Å². The third kappa shape index (κ3) is 2.83. The third-order valence-corrected chi connectivity index (χ3v) is 6.02. The molecule has 2 rings (SSSR count). The summed E-state index contributed by atoms with van der Waals surface area (Å²) in [7, 11) is -0.239. The average Bonchev–Trinajstić information content (AvgIpc) is 2.80. The second kappa shape index (κ2) is 4.86. The Labute approximate surface area is 128 Å². The van der Waals surface area contributed by atoms with Gasteiger partial charge in [0.15, 0.2) is 0 Å². The summed E-state index contributed by atoms with van der Waals surface area (Å²) in [6.07, 6.45) is 0. The van der Waals surface area contributed by atoms with Crippen LogP contribution in [0.1, 0.15) is 66.2 Å². The van der Waals surface area contributed by atoms with E-state index in [9.17, 15) is 0 Å². The summed E-state index contributed by atoms with van der Waals surface area (Å²) < 4.78 is 12.2.